The molecule has 1 atom stereocenters. The summed E-state index contributed by atoms with van der Waals surface area (Å²) >= 11 is 0. The van der Waals surface area contributed by atoms with Crippen LogP contribution in [0.3, 0.4) is 0 Å². The normalized spacial score (nSPS) is 12.7. The number of carbonyl (C=O) groups excluding carboxylic acids is 1. The van der Waals surface area contributed by atoms with E-state index >= 15 is 0 Å². The van der Waals surface area contributed by atoms with Gasteiger partial charge in [-0.05, 0) is 17.5 Å². The van der Waals surface area contributed by atoms with Crippen molar-refractivity contribution >= 4 is 5.91 Å². The summed E-state index contributed by atoms with van der Waals surface area (Å²) < 4.78 is 39.2. The maximum Gasteiger partial charge on any atom is 0.416 e. The molecule has 0 N–H and O–H groups in total. The van der Waals surface area contributed by atoms with E-state index in [1.807, 2.05) is 0 Å². The Morgan fingerprint density at radius 1 is 1.25 bits per heavy atom. The molecular formula is C17H18F3N3O. The van der Waals surface area contributed by atoms with Crippen LogP contribution in [0.15, 0.2) is 42.9 Å². The molecule has 4 nitrogen and oxygen atoms in total. The molecule has 0 aliphatic heterocycles. The Morgan fingerprint density at radius 3 is 2.58 bits per heavy atom. The van der Waals surface area contributed by atoms with Crippen molar-refractivity contribution in [2.75, 3.05) is 7.05 Å². The summed E-state index contributed by atoms with van der Waals surface area (Å²) in [6.07, 6.45) is 0.159. The van der Waals surface area contributed by atoms with Crippen LogP contribution in [-0.2, 0) is 17.5 Å². The zero-order chi connectivity index (χ0) is 17.7. The summed E-state index contributed by atoms with van der Waals surface area (Å²) in [5.74, 6) is -0.787. The van der Waals surface area contributed by atoms with Gasteiger partial charge in [-0.25, -0.2) is 0 Å². The highest BCUT2D eigenvalue weighted by atomic mass is 19.4. The summed E-state index contributed by atoms with van der Waals surface area (Å²) in [4.78, 5) is 21.7. The van der Waals surface area contributed by atoms with Gasteiger partial charge in [-0.15, -0.1) is 0 Å². The van der Waals surface area contributed by atoms with Crippen LogP contribution in [0.1, 0.15) is 36.1 Å². The van der Waals surface area contributed by atoms with Gasteiger partial charge in [0, 0.05) is 25.9 Å². The van der Waals surface area contributed by atoms with Crippen LogP contribution in [0.4, 0.5) is 13.2 Å². The Hall–Kier alpha value is -2.44. The third kappa shape index (κ3) is 4.53. The van der Waals surface area contributed by atoms with Crippen molar-refractivity contribution in [1.82, 2.24) is 14.9 Å². The molecule has 7 heteroatoms. The SMILES string of the molecule is CC(CC(=O)N(C)Cc1cnccn1)c1ccccc1C(F)(F)F. The van der Waals surface area contributed by atoms with Gasteiger partial charge >= 0.3 is 6.18 Å². The summed E-state index contributed by atoms with van der Waals surface area (Å²) in [6.45, 7) is 1.89. The lowest BCUT2D eigenvalue weighted by Crippen LogP contribution is -2.28. The molecule has 2 rings (SSSR count). The maximum absolute atomic E-state index is 13.1. The standard InChI is InChI=1S/C17H18F3N3O/c1-12(14-5-3-4-6-15(14)17(18,19)20)9-16(24)23(2)11-13-10-21-7-8-22-13/h3-8,10,12H,9,11H2,1-2H3. The van der Waals surface area contributed by atoms with Crippen LogP contribution < -0.4 is 0 Å². The Labute approximate surface area is 138 Å². The van der Waals surface area contributed by atoms with Gasteiger partial charge in [-0.2, -0.15) is 13.2 Å². The smallest absolute Gasteiger partial charge is 0.340 e. The van der Waals surface area contributed by atoms with Gasteiger partial charge in [0.15, 0.2) is 0 Å². The predicted molar refractivity (Wildman–Crippen MR) is 83.0 cm³/mol. The minimum atomic E-state index is -4.43. The lowest BCUT2D eigenvalue weighted by Gasteiger charge is -2.21. The molecule has 1 unspecified atom stereocenters. The average Bonchev–Trinajstić information content (AvgIpc) is 2.55. The largest absolute Gasteiger partial charge is 0.416 e. The molecule has 0 spiro atoms. The van der Waals surface area contributed by atoms with E-state index in [9.17, 15) is 18.0 Å². The Bertz CT molecular complexity index is 689. The number of hydrogen-bond acceptors (Lipinski definition) is 3. The second-order valence-electron chi connectivity index (χ2n) is 5.64. The van der Waals surface area contributed by atoms with Crippen LogP contribution in [0.2, 0.25) is 0 Å². The van der Waals surface area contributed by atoms with Gasteiger partial charge in [-0.3, -0.25) is 14.8 Å². The fourth-order valence-electron chi connectivity index (χ4n) is 2.46. The van der Waals surface area contributed by atoms with Gasteiger partial charge in [0.1, 0.15) is 0 Å². The zero-order valence-electron chi connectivity index (χ0n) is 13.4. The first-order valence-electron chi connectivity index (χ1n) is 7.44. The first kappa shape index (κ1) is 17.9. The number of halogens is 3. The molecule has 0 radical (unpaired) electrons. The number of hydrogen-bond donors (Lipinski definition) is 0. The molecule has 2 aromatic rings. The average molecular weight is 337 g/mol. The van der Waals surface area contributed by atoms with Crippen molar-refractivity contribution in [1.29, 1.82) is 0 Å². The molecule has 0 saturated heterocycles. The number of alkyl halides is 3. The van der Waals surface area contributed by atoms with E-state index in [0.29, 0.717) is 5.69 Å². The van der Waals surface area contributed by atoms with Gasteiger partial charge in [0.2, 0.25) is 5.91 Å². The third-order valence-corrected chi connectivity index (χ3v) is 3.72. The monoisotopic (exact) mass is 337 g/mol. The van der Waals surface area contributed by atoms with Crippen molar-refractivity contribution in [2.45, 2.75) is 32.0 Å². The van der Waals surface area contributed by atoms with E-state index in [2.05, 4.69) is 9.97 Å². The summed E-state index contributed by atoms with van der Waals surface area (Å²) in [5, 5.41) is 0. The predicted octanol–water partition coefficient (Wildman–Crippen LogP) is 3.65. The zero-order valence-corrected chi connectivity index (χ0v) is 13.4. The van der Waals surface area contributed by atoms with Crippen molar-refractivity contribution in [2.24, 2.45) is 0 Å². The molecule has 24 heavy (non-hydrogen) atoms. The molecule has 0 saturated carbocycles. The van der Waals surface area contributed by atoms with E-state index in [0.717, 1.165) is 6.07 Å². The van der Waals surface area contributed by atoms with Crippen molar-refractivity contribution in [3.8, 4) is 0 Å². The Morgan fingerprint density at radius 2 is 1.96 bits per heavy atom. The number of nitrogens with zero attached hydrogens (tertiary/aromatic N) is 3. The topological polar surface area (TPSA) is 46.1 Å². The number of aromatic nitrogens is 2. The summed E-state index contributed by atoms with van der Waals surface area (Å²) in [7, 11) is 1.60. The van der Waals surface area contributed by atoms with Gasteiger partial charge in [0.05, 0.1) is 24.0 Å². The molecule has 1 amide bonds. The maximum atomic E-state index is 13.1. The van der Waals surface area contributed by atoms with E-state index in [-0.39, 0.29) is 24.4 Å². The number of rotatable bonds is 5. The van der Waals surface area contributed by atoms with Gasteiger partial charge < -0.3 is 4.90 Å². The van der Waals surface area contributed by atoms with Crippen LogP contribution in [0.5, 0.6) is 0 Å². The first-order chi connectivity index (χ1) is 11.3. The van der Waals surface area contributed by atoms with Crippen LogP contribution in [0.25, 0.3) is 0 Å². The van der Waals surface area contributed by atoms with Crippen LogP contribution in [-0.4, -0.2) is 27.8 Å². The highest BCUT2D eigenvalue weighted by Gasteiger charge is 2.34. The lowest BCUT2D eigenvalue weighted by molar-refractivity contribution is -0.139. The van der Waals surface area contributed by atoms with Crippen molar-refractivity contribution in [3.63, 3.8) is 0 Å². The summed E-state index contributed by atoms with van der Waals surface area (Å²) in [5.41, 5.74) is 0.0600. The van der Waals surface area contributed by atoms with Gasteiger partial charge in [-0.1, -0.05) is 25.1 Å². The van der Waals surface area contributed by atoms with E-state index in [4.69, 9.17) is 0 Å². The first-order valence-corrected chi connectivity index (χ1v) is 7.44. The lowest BCUT2D eigenvalue weighted by atomic mass is 9.92. The molecule has 1 heterocycles. The van der Waals surface area contributed by atoms with Crippen molar-refractivity contribution in [3.05, 3.63) is 59.7 Å². The number of carbonyl (C=O) groups is 1. The molecule has 0 bridgehead atoms. The molecule has 128 valence electrons. The molecular weight excluding hydrogens is 319 g/mol. The van der Waals surface area contributed by atoms with Gasteiger partial charge in [0.25, 0.3) is 0 Å². The quantitative estimate of drug-likeness (QED) is 0.837. The highest BCUT2D eigenvalue weighted by Crippen LogP contribution is 2.36. The van der Waals surface area contributed by atoms with E-state index < -0.39 is 17.7 Å². The molecule has 1 aromatic carbocycles. The number of benzene rings is 1. The molecule has 1 aromatic heterocycles. The number of amides is 1. The molecule has 0 aliphatic rings. The van der Waals surface area contributed by atoms with E-state index in [1.54, 1.807) is 26.2 Å². The minimum absolute atomic E-state index is 0.0101. The Kier molecular flexibility index (Phi) is 5.54. The highest BCUT2D eigenvalue weighted by molar-refractivity contribution is 5.76. The van der Waals surface area contributed by atoms with Crippen molar-refractivity contribution < 1.29 is 18.0 Å². The van der Waals surface area contributed by atoms with Crippen LogP contribution in [0, 0.1) is 0 Å². The third-order valence-electron chi connectivity index (χ3n) is 3.72. The fraction of sp³-hybridized carbons (Fsp3) is 0.353. The Balaban J connectivity index is 2.07. The molecule has 0 aliphatic carbocycles. The second kappa shape index (κ2) is 7.42. The summed E-state index contributed by atoms with van der Waals surface area (Å²) in [6, 6.07) is 5.36. The van der Waals surface area contributed by atoms with E-state index in [1.165, 1.54) is 29.4 Å². The fourth-order valence-corrected chi connectivity index (χ4v) is 2.46. The second-order valence-corrected chi connectivity index (χ2v) is 5.64. The minimum Gasteiger partial charge on any atom is -0.340 e. The van der Waals surface area contributed by atoms with Crippen LogP contribution >= 0.6 is 0 Å². The molecule has 0 fully saturated rings.